The van der Waals surface area contributed by atoms with Crippen LogP contribution in [0, 0.1) is 0 Å². The number of ketones is 1. The summed E-state index contributed by atoms with van der Waals surface area (Å²) >= 11 is 8.90. The Balaban J connectivity index is 0.00000466. The number of hydrogen-bond donors (Lipinski definition) is 1. The van der Waals surface area contributed by atoms with Crippen LogP contribution >= 0.6 is 35.1 Å². The fourth-order valence-electron chi connectivity index (χ4n) is 2.56. The van der Waals surface area contributed by atoms with E-state index in [2.05, 4.69) is 24.2 Å². The van der Waals surface area contributed by atoms with Gasteiger partial charge in [0, 0.05) is 24.6 Å². The number of hydrogen-bond acceptors (Lipinski definition) is 6. The van der Waals surface area contributed by atoms with Crippen molar-refractivity contribution in [3.63, 3.8) is 0 Å². The molecule has 1 heterocycles. The summed E-state index contributed by atoms with van der Waals surface area (Å²) in [4.78, 5) is 29.5. The van der Waals surface area contributed by atoms with Crippen molar-refractivity contribution >= 4 is 47.0 Å². The number of unbranched alkanes of at least 4 members (excludes halogenated alkanes) is 1. The van der Waals surface area contributed by atoms with Gasteiger partial charge in [-0.3, -0.25) is 14.2 Å². The number of halogens is 1. The molecule has 1 rings (SSSR count). The summed E-state index contributed by atoms with van der Waals surface area (Å²) in [6.45, 7) is 11.4. The molecule has 0 aliphatic carbocycles. The number of Topliss-reactive ketones (excluding diaryl/α,β-unsaturated/α-hetero) is 1. The summed E-state index contributed by atoms with van der Waals surface area (Å²) < 4.78 is 1.66. The molecule has 8 heteroatoms. The second-order valence-electron chi connectivity index (χ2n) is 6.31. The number of carbonyl (C=O) groups excluding carboxylic acids is 1. The molecule has 0 radical (unpaired) electrons. The van der Waals surface area contributed by atoms with Crippen molar-refractivity contribution in [2.75, 3.05) is 24.5 Å². The van der Waals surface area contributed by atoms with E-state index < -0.39 is 6.61 Å². The van der Waals surface area contributed by atoms with Gasteiger partial charge in [0.25, 0.3) is 5.56 Å². The van der Waals surface area contributed by atoms with Crippen LogP contribution in [-0.4, -0.2) is 44.9 Å². The van der Waals surface area contributed by atoms with E-state index in [1.165, 1.54) is 23.5 Å². The Bertz CT molecular complexity index is 848. The summed E-state index contributed by atoms with van der Waals surface area (Å²) in [6.07, 6.45) is 13.4. The standard InChI is InChI=1S/C22H29ClN2O3S2.C2H6/c1-4-6-7-8-11-17(14-23)16-30-22-24-19(5-2)20(29-3)21(28)25(22)13-10-9-12-18(27)15-26;1-2/h4-7,11,26H,1-2,8-10,12-16H2,3H3;1-2H3/b7-6-,17-11+;. The van der Waals surface area contributed by atoms with Crippen molar-refractivity contribution in [2.24, 2.45) is 0 Å². The highest BCUT2D eigenvalue weighted by molar-refractivity contribution is 7.99. The molecule has 0 fully saturated rings. The Morgan fingerprint density at radius 3 is 2.56 bits per heavy atom. The Hall–Kier alpha value is -1.54. The van der Waals surface area contributed by atoms with Gasteiger partial charge in [0.1, 0.15) is 6.61 Å². The SMILES string of the molecule is C=C/C=C\C/C=C(\CCl)CSc1nc(C=C)c(SC)c(=O)n1CCCCC(=O)CO.CC. The molecule has 0 amide bonds. The van der Waals surface area contributed by atoms with Gasteiger partial charge in [0.2, 0.25) is 0 Å². The summed E-state index contributed by atoms with van der Waals surface area (Å²) in [5, 5.41) is 9.46. The van der Waals surface area contributed by atoms with Crippen molar-refractivity contribution in [1.82, 2.24) is 9.55 Å². The highest BCUT2D eigenvalue weighted by atomic mass is 35.5. The maximum Gasteiger partial charge on any atom is 0.268 e. The topological polar surface area (TPSA) is 72.2 Å². The summed E-state index contributed by atoms with van der Waals surface area (Å²) in [5.41, 5.74) is 1.53. The van der Waals surface area contributed by atoms with Crippen LogP contribution in [0.5, 0.6) is 0 Å². The van der Waals surface area contributed by atoms with Crippen molar-refractivity contribution < 1.29 is 9.90 Å². The molecule has 5 nitrogen and oxygen atoms in total. The fourth-order valence-corrected chi connectivity index (χ4v) is 4.53. The lowest BCUT2D eigenvalue weighted by Crippen LogP contribution is -2.26. The zero-order valence-corrected chi connectivity index (χ0v) is 21.7. The Morgan fingerprint density at radius 1 is 1.28 bits per heavy atom. The Labute approximate surface area is 205 Å². The van der Waals surface area contributed by atoms with Gasteiger partial charge in [-0.25, -0.2) is 4.98 Å². The summed E-state index contributed by atoms with van der Waals surface area (Å²) in [5.74, 6) is 0.833. The number of aliphatic hydroxyl groups excluding tert-OH is 1. The van der Waals surface area contributed by atoms with E-state index in [1.807, 2.05) is 32.3 Å². The first-order chi connectivity index (χ1) is 15.5. The minimum Gasteiger partial charge on any atom is -0.389 e. The molecule has 178 valence electrons. The highest BCUT2D eigenvalue weighted by Gasteiger charge is 2.15. The van der Waals surface area contributed by atoms with Gasteiger partial charge in [-0.15, -0.1) is 23.4 Å². The lowest BCUT2D eigenvalue weighted by atomic mass is 10.2. The average molecular weight is 499 g/mol. The zero-order valence-electron chi connectivity index (χ0n) is 19.3. The third-order valence-electron chi connectivity index (χ3n) is 4.15. The van der Waals surface area contributed by atoms with Crippen LogP contribution in [-0.2, 0) is 11.3 Å². The highest BCUT2D eigenvalue weighted by Crippen LogP contribution is 2.24. The smallest absolute Gasteiger partial charge is 0.268 e. The molecular weight excluding hydrogens is 464 g/mol. The summed E-state index contributed by atoms with van der Waals surface area (Å²) in [6, 6.07) is 0. The number of carbonyl (C=O) groups is 1. The minimum atomic E-state index is -0.442. The van der Waals surface area contributed by atoms with Crippen molar-refractivity contribution in [3.8, 4) is 0 Å². The maximum absolute atomic E-state index is 13.0. The molecule has 0 saturated heterocycles. The lowest BCUT2D eigenvalue weighted by Gasteiger charge is -2.15. The minimum absolute atomic E-state index is 0.103. The maximum atomic E-state index is 13.0. The average Bonchev–Trinajstić information content (AvgIpc) is 2.83. The molecule has 0 aromatic carbocycles. The van der Waals surface area contributed by atoms with Crippen LogP contribution < -0.4 is 5.56 Å². The van der Waals surface area contributed by atoms with Crippen LogP contribution in [0.4, 0.5) is 0 Å². The lowest BCUT2D eigenvalue weighted by molar-refractivity contribution is -0.121. The monoisotopic (exact) mass is 498 g/mol. The predicted octanol–water partition coefficient (Wildman–Crippen LogP) is 5.76. The number of aliphatic hydroxyl groups is 1. The Morgan fingerprint density at radius 2 is 2.00 bits per heavy atom. The molecule has 0 spiro atoms. The van der Waals surface area contributed by atoms with Gasteiger partial charge in [0.05, 0.1) is 10.6 Å². The van der Waals surface area contributed by atoms with Crippen molar-refractivity contribution in [2.45, 2.75) is 56.1 Å². The van der Waals surface area contributed by atoms with Gasteiger partial charge >= 0.3 is 0 Å². The fraction of sp³-hybridized carbons (Fsp3) is 0.458. The molecule has 0 atom stereocenters. The zero-order chi connectivity index (χ0) is 24.4. The van der Waals surface area contributed by atoms with Crippen LogP contribution in [0.3, 0.4) is 0 Å². The van der Waals surface area contributed by atoms with Crippen LogP contribution in [0.2, 0.25) is 0 Å². The van der Waals surface area contributed by atoms with Gasteiger partial charge in [-0.1, -0.05) is 63.1 Å². The number of alkyl halides is 1. The van der Waals surface area contributed by atoms with Gasteiger partial charge in [-0.05, 0) is 37.2 Å². The first-order valence-electron chi connectivity index (χ1n) is 10.6. The van der Waals surface area contributed by atoms with Crippen LogP contribution in [0.1, 0.15) is 45.2 Å². The molecule has 1 aromatic heterocycles. The van der Waals surface area contributed by atoms with E-state index in [9.17, 15) is 9.59 Å². The largest absolute Gasteiger partial charge is 0.389 e. The van der Waals surface area contributed by atoms with E-state index in [-0.39, 0.29) is 11.3 Å². The number of nitrogens with zero attached hydrogens (tertiary/aromatic N) is 2. The third-order valence-corrected chi connectivity index (χ3v) is 6.37. The Kier molecular flexibility index (Phi) is 18.1. The quantitative estimate of drug-likeness (QED) is 0.0828. The van der Waals surface area contributed by atoms with Gasteiger partial charge in [-0.2, -0.15) is 0 Å². The van der Waals surface area contributed by atoms with Gasteiger partial charge < -0.3 is 5.11 Å². The molecule has 0 aliphatic heterocycles. The molecule has 0 aliphatic rings. The first-order valence-corrected chi connectivity index (χ1v) is 13.3. The molecule has 1 aromatic rings. The van der Waals surface area contributed by atoms with E-state index >= 15 is 0 Å². The molecule has 0 unspecified atom stereocenters. The number of rotatable bonds is 15. The molecule has 0 bridgehead atoms. The van der Waals surface area contributed by atoms with Crippen molar-refractivity contribution in [3.05, 3.63) is 59.1 Å². The molecule has 32 heavy (non-hydrogen) atoms. The van der Waals surface area contributed by atoms with E-state index in [0.717, 1.165) is 12.0 Å². The predicted molar refractivity (Wildman–Crippen MR) is 141 cm³/mol. The molecular formula is C24H35ClN2O3S2. The number of thioether (sulfide) groups is 2. The number of allylic oxidation sites excluding steroid dienone is 4. The second kappa shape index (κ2) is 19.0. The third kappa shape index (κ3) is 10.9. The van der Waals surface area contributed by atoms with Gasteiger partial charge in [0.15, 0.2) is 10.9 Å². The molecule has 0 saturated carbocycles. The van der Waals surface area contributed by atoms with E-state index in [0.29, 0.717) is 53.2 Å². The summed E-state index contributed by atoms with van der Waals surface area (Å²) in [7, 11) is 0. The molecule has 1 N–H and O–H groups in total. The van der Waals surface area contributed by atoms with E-state index in [1.54, 1.807) is 16.7 Å². The number of aromatic nitrogens is 2. The van der Waals surface area contributed by atoms with Crippen LogP contribution in [0.15, 0.2) is 57.9 Å². The second-order valence-corrected chi connectivity index (χ2v) is 8.34. The van der Waals surface area contributed by atoms with E-state index in [4.69, 9.17) is 16.7 Å². The van der Waals surface area contributed by atoms with Crippen molar-refractivity contribution in [1.29, 1.82) is 0 Å². The normalized spacial score (nSPS) is 11.2. The van der Waals surface area contributed by atoms with Crippen LogP contribution in [0.25, 0.3) is 6.08 Å². The first kappa shape index (κ1) is 30.5.